The normalized spacial score (nSPS) is 22.9. The molecule has 4 rings (SSSR count). The SMILES string of the molecule is CC=C(C)C(=O)O[C@@H]1c2cc(OC)c(OC)c(OC)c2-c2c(cc3c(c2OC)OCO3)[C@@H](OC(C)=O)[C@H](C)[C@]1(C)O. The fourth-order valence-electron chi connectivity index (χ4n) is 5.32. The van der Waals surface area contributed by atoms with Crippen molar-refractivity contribution in [3.8, 4) is 45.6 Å². The third-order valence-corrected chi connectivity index (χ3v) is 7.73. The van der Waals surface area contributed by atoms with Crippen molar-refractivity contribution in [2.75, 3.05) is 35.2 Å². The van der Waals surface area contributed by atoms with E-state index in [2.05, 4.69) is 0 Å². The maximum atomic E-state index is 13.2. The lowest BCUT2D eigenvalue weighted by atomic mass is 9.71. The van der Waals surface area contributed by atoms with Crippen LogP contribution >= 0.6 is 0 Å². The van der Waals surface area contributed by atoms with Crippen LogP contribution in [0.5, 0.6) is 34.5 Å². The van der Waals surface area contributed by atoms with E-state index in [1.54, 1.807) is 39.0 Å². The highest BCUT2D eigenvalue weighted by atomic mass is 16.7. The monoisotopic (exact) mass is 572 g/mol. The minimum Gasteiger partial charge on any atom is -0.493 e. The summed E-state index contributed by atoms with van der Waals surface area (Å²) in [5, 5.41) is 12.3. The lowest BCUT2D eigenvalue weighted by molar-refractivity contribution is -0.182. The number of methoxy groups -OCH3 is 4. The minimum absolute atomic E-state index is 0.0567. The summed E-state index contributed by atoms with van der Waals surface area (Å²) in [6.45, 7) is 7.78. The van der Waals surface area contributed by atoms with Crippen molar-refractivity contribution in [1.82, 2.24) is 0 Å². The van der Waals surface area contributed by atoms with Crippen LogP contribution in [0.25, 0.3) is 11.1 Å². The van der Waals surface area contributed by atoms with Gasteiger partial charge in [0, 0.05) is 40.7 Å². The summed E-state index contributed by atoms with van der Waals surface area (Å²) in [5.41, 5.74) is 0.105. The smallest absolute Gasteiger partial charge is 0.334 e. The van der Waals surface area contributed by atoms with Gasteiger partial charge >= 0.3 is 11.9 Å². The number of rotatable bonds is 7. The molecular weight excluding hydrogens is 536 g/mol. The van der Waals surface area contributed by atoms with Gasteiger partial charge in [-0.05, 0) is 32.9 Å². The van der Waals surface area contributed by atoms with E-state index in [9.17, 15) is 14.7 Å². The van der Waals surface area contributed by atoms with E-state index in [1.807, 2.05) is 0 Å². The highest BCUT2D eigenvalue weighted by Crippen LogP contribution is 2.61. The van der Waals surface area contributed by atoms with Crippen LogP contribution in [0.3, 0.4) is 0 Å². The molecule has 4 atom stereocenters. The standard InChI is InChI=1S/C30H36O11/c1-10-14(2)29(32)41-28-18-12-19(34-6)24(35-7)26(36-8)22(18)21-17(11-20-25(27(21)37-9)39-13-38-20)23(40-16(4)31)15(3)30(28,5)33/h10-12,15,23,28,33H,13H2,1-9H3/t15-,23-,28+,30-/m0/s1. The van der Waals surface area contributed by atoms with Gasteiger partial charge in [0.15, 0.2) is 29.1 Å². The molecule has 222 valence electrons. The first-order valence-electron chi connectivity index (χ1n) is 13.0. The average molecular weight is 573 g/mol. The first-order valence-corrected chi connectivity index (χ1v) is 13.0. The molecule has 2 aromatic carbocycles. The predicted molar refractivity (Wildman–Crippen MR) is 147 cm³/mol. The molecule has 0 saturated carbocycles. The number of ether oxygens (including phenoxy) is 8. The molecule has 2 aromatic rings. The van der Waals surface area contributed by atoms with Crippen LogP contribution in [-0.4, -0.2) is 57.9 Å². The van der Waals surface area contributed by atoms with Crippen LogP contribution in [0.15, 0.2) is 23.8 Å². The van der Waals surface area contributed by atoms with Crippen molar-refractivity contribution in [3.63, 3.8) is 0 Å². The van der Waals surface area contributed by atoms with Gasteiger partial charge < -0.3 is 43.0 Å². The number of fused-ring (bicyclic) bond motifs is 4. The molecule has 0 radical (unpaired) electrons. The van der Waals surface area contributed by atoms with E-state index in [4.69, 9.17) is 37.9 Å². The quantitative estimate of drug-likeness (QED) is 0.367. The molecule has 11 nitrogen and oxygen atoms in total. The molecule has 0 amide bonds. The molecule has 1 aliphatic heterocycles. The van der Waals surface area contributed by atoms with Crippen molar-refractivity contribution < 1.29 is 52.6 Å². The second-order valence-corrected chi connectivity index (χ2v) is 10.0. The fourth-order valence-corrected chi connectivity index (χ4v) is 5.32. The number of benzene rings is 2. The summed E-state index contributed by atoms with van der Waals surface area (Å²) in [4.78, 5) is 25.7. The number of allylic oxidation sites excluding steroid dienone is 1. The van der Waals surface area contributed by atoms with Gasteiger partial charge in [0.2, 0.25) is 18.3 Å². The molecule has 0 spiro atoms. The summed E-state index contributed by atoms with van der Waals surface area (Å²) in [5.74, 6) is -0.373. The number of hydrogen-bond donors (Lipinski definition) is 1. The lowest BCUT2D eigenvalue weighted by Crippen LogP contribution is -2.46. The maximum Gasteiger partial charge on any atom is 0.334 e. The van der Waals surface area contributed by atoms with Gasteiger partial charge in [-0.15, -0.1) is 0 Å². The maximum absolute atomic E-state index is 13.2. The van der Waals surface area contributed by atoms with Crippen molar-refractivity contribution in [2.24, 2.45) is 5.92 Å². The van der Waals surface area contributed by atoms with E-state index in [1.165, 1.54) is 42.3 Å². The Morgan fingerprint density at radius 2 is 1.56 bits per heavy atom. The van der Waals surface area contributed by atoms with Crippen LogP contribution in [0.4, 0.5) is 0 Å². The molecule has 0 saturated heterocycles. The average Bonchev–Trinajstić information content (AvgIpc) is 3.43. The molecule has 2 aliphatic rings. The second kappa shape index (κ2) is 11.4. The highest BCUT2D eigenvalue weighted by Gasteiger charge is 2.51. The Kier molecular flexibility index (Phi) is 8.30. The molecule has 41 heavy (non-hydrogen) atoms. The molecule has 1 heterocycles. The van der Waals surface area contributed by atoms with Crippen LogP contribution in [0, 0.1) is 5.92 Å². The number of carbonyl (C=O) groups excluding carboxylic acids is 2. The van der Waals surface area contributed by atoms with Crippen molar-refractivity contribution in [1.29, 1.82) is 0 Å². The molecular formula is C30H36O11. The lowest BCUT2D eigenvalue weighted by Gasteiger charge is -2.43. The van der Waals surface area contributed by atoms with E-state index < -0.39 is 35.7 Å². The second-order valence-electron chi connectivity index (χ2n) is 10.0. The third kappa shape index (κ3) is 4.88. The molecule has 0 bridgehead atoms. The van der Waals surface area contributed by atoms with Gasteiger partial charge in [0.25, 0.3) is 0 Å². The fraction of sp³-hybridized carbons (Fsp3) is 0.467. The van der Waals surface area contributed by atoms with E-state index in [-0.39, 0.29) is 29.8 Å². The number of carbonyl (C=O) groups is 2. The number of aliphatic hydroxyl groups is 1. The predicted octanol–water partition coefficient (Wildman–Crippen LogP) is 4.67. The topological polar surface area (TPSA) is 128 Å². The summed E-state index contributed by atoms with van der Waals surface area (Å²) in [7, 11) is 5.84. The summed E-state index contributed by atoms with van der Waals surface area (Å²) in [6.07, 6.45) is -0.735. The molecule has 1 aliphatic carbocycles. The zero-order valence-electron chi connectivity index (χ0n) is 24.7. The Balaban J connectivity index is 2.25. The van der Waals surface area contributed by atoms with Crippen molar-refractivity contribution in [3.05, 3.63) is 34.9 Å². The van der Waals surface area contributed by atoms with Crippen LogP contribution < -0.4 is 28.4 Å². The Morgan fingerprint density at radius 3 is 2.12 bits per heavy atom. The zero-order valence-corrected chi connectivity index (χ0v) is 24.7. The van der Waals surface area contributed by atoms with Gasteiger partial charge in [-0.2, -0.15) is 0 Å². The molecule has 0 aromatic heterocycles. The first kappa shape index (κ1) is 29.9. The molecule has 1 N–H and O–H groups in total. The number of hydrogen-bond acceptors (Lipinski definition) is 11. The van der Waals surface area contributed by atoms with E-state index in [0.717, 1.165) is 0 Å². The Bertz CT molecular complexity index is 1390. The van der Waals surface area contributed by atoms with Crippen LogP contribution in [0.1, 0.15) is 58.0 Å². The van der Waals surface area contributed by atoms with Gasteiger partial charge in [-0.3, -0.25) is 4.79 Å². The van der Waals surface area contributed by atoms with Crippen molar-refractivity contribution >= 4 is 11.9 Å². The Morgan fingerprint density at radius 1 is 0.927 bits per heavy atom. The minimum atomic E-state index is -1.80. The van der Waals surface area contributed by atoms with Crippen LogP contribution in [-0.2, 0) is 19.1 Å². The van der Waals surface area contributed by atoms with E-state index >= 15 is 0 Å². The summed E-state index contributed by atoms with van der Waals surface area (Å²) >= 11 is 0. The van der Waals surface area contributed by atoms with Gasteiger partial charge in [-0.25, -0.2) is 4.79 Å². The Labute approximate surface area is 238 Å². The molecule has 11 heteroatoms. The van der Waals surface area contributed by atoms with Crippen molar-refractivity contribution in [2.45, 2.75) is 52.4 Å². The van der Waals surface area contributed by atoms with Crippen LogP contribution in [0.2, 0.25) is 0 Å². The van der Waals surface area contributed by atoms with E-state index in [0.29, 0.717) is 39.3 Å². The van der Waals surface area contributed by atoms with Gasteiger partial charge in [-0.1, -0.05) is 13.0 Å². The van der Waals surface area contributed by atoms with Gasteiger partial charge in [0.05, 0.1) is 28.4 Å². The number of esters is 2. The van der Waals surface area contributed by atoms with Gasteiger partial charge in [0.1, 0.15) is 11.7 Å². The third-order valence-electron chi connectivity index (χ3n) is 7.73. The Hall–Kier alpha value is -4.12. The summed E-state index contributed by atoms with van der Waals surface area (Å²) in [6, 6.07) is 3.32. The first-order chi connectivity index (χ1) is 19.5. The largest absolute Gasteiger partial charge is 0.493 e. The summed E-state index contributed by atoms with van der Waals surface area (Å²) < 4.78 is 46.6. The molecule has 0 unspecified atom stereocenters. The highest BCUT2D eigenvalue weighted by molar-refractivity contribution is 5.91. The zero-order chi connectivity index (χ0) is 30.2. The molecule has 0 fully saturated rings.